The number of amides is 1. The number of anilines is 1. The molecule has 0 bridgehead atoms. The summed E-state index contributed by atoms with van der Waals surface area (Å²) in [5.74, 6) is -1.70. The summed E-state index contributed by atoms with van der Waals surface area (Å²) in [6.45, 7) is 0.300. The number of carbonyl (C=O) groups is 1. The second-order valence-electron chi connectivity index (χ2n) is 4.72. The van der Waals surface area contributed by atoms with E-state index >= 15 is 0 Å². The van der Waals surface area contributed by atoms with Crippen molar-refractivity contribution in [3.63, 3.8) is 0 Å². The van der Waals surface area contributed by atoms with Crippen LogP contribution in [0.4, 0.5) is 14.5 Å². The van der Waals surface area contributed by atoms with Crippen LogP contribution in [0.25, 0.3) is 0 Å². The van der Waals surface area contributed by atoms with Gasteiger partial charge in [-0.15, -0.1) is 0 Å². The predicted molar refractivity (Wildman–Crippen MR) is 78.2 cm³/mol. The zero-order chi connectivity index (χ0) is 15.1. The van der Waals surface area contributed by atoms with Gasteiger partial charge in [-0.25, -0.2) is 8.78 Å². The quantitative estimate of drug-likeness (QED) is 0.756. The molecule has 6 heteroatoms. The first kappa shape index (κ1) is 14.3. The second-order valence-corrected chi connectivity index (χ2v) is 5.54. The third-order valence-corrected chi connectivity index (χ3v) is 4.16. The van der Waals surface area contributed by atoms with Crippen LogP contribution >= 0.6 is 23.2 Å². The van der Waals surface area contributed by atoms with Crippen molar-refractivity contribution >= 4 is 34.8 Å². The van der Waals surface area contributed by atoms with Gasteiger partial charge in [0.05, 0.1) is 15.7 Å². The molecule has 0 radical (unpaired) electrons. The summed E-state index contributed by atoms with van der Waals surface area (Å²) in [5, 5.41) is 0.597. The minimum Gasteiger partial charge on any atom is -0.308 e. The highest BCUT2D eigenvalue weighted by Crippen LogP contribution is 2.33. The van der Waals surface area contributed by atoms with Gasteiger partial charge in [0, 0.05) is 23.7 Å². The van der Waals surface area contributed by atoms with Gasteiger partial charge in [-0.2, -0.15) is 0 Å². The van der Waals surface area contributed by atoms with Crippen LogP contribution in [0.5, 0.6) is 0 Å². The molecule has 0 unspecified atom stereocenters. The molecule has 0 saturated heterocycles. The van der Waals surface area contributed by atoms with E-state index in [4.69, 9.17) is 23.2 Å². The fraction of sp³-hybridized carbons (Fsp3) is 0.133. The fourth-order valence-corrected chi connectivity index (χ4v) is 2.72. The van der Waals surface area contributed by atoms with Crippen molar-refractivity contribution in [1.82, 2.24) is 0 Å². The van der Waals surface area contributed by atoms with E-state index in [0.29, 0.717) is 29.1 Å². The molecular formula is C15H9Cl2F2NO. The topological polar surface area (TPSA) is 20.3 Å². The zero-order valence-electron chi connectivity index (χ0n) is 10.7. The lowest BCUT2D eigenvalue weighted by Gasteiger charge is -2.17. The summed E-state index contributed by atoms with van der Waals surface area (Å²) in [7, 11) is 0. The van der Waals surface area contributed by atoms with E-state index in [1.165, 1.54) is 29.2 Å². The summed E-state index contributed by atoms with van der Waals surface area (Å²) >= 11 is 11.7. The number of rotatable bonds is 1. The van der Waals surface area contributed by atoms with E-state index in [0.717, 1.165) is 6.07 Å². The smallest absolute Gasteiger partial charge is 0.258 e. The van der Waals surface area contributed by atoms with Crippen LogP contribution in [-0.2, 0) is 6.42 Å². The van der Waals surface area contributed by atoms with Crippen LogP contribution in [0.15, 0.2) is 30.3 Å². The highest BCUT2D eigenvalue weighted by Gasteiger charge is 2.28. The van der Waals surface area contributed by atoms with Crippen molar-refractivity contribution < 1.29 is 13.6 Å². The first-order chi connectivity index (χ1) is 9.97. The van der Waals surface area contributed by atoms with Gasteiger partial charge in [0.1, 0.15) is 11.6 Å². The second kappa shape index (κ2) is 5.28. The Morgan fingerprint density at radius 2 is 1.86 bits per heavy atom. The average Bonchev–Trinajstić information content (AvgIpc) is 2.85. The molecule has 0 saturated carbocycles. The molecule has 0 atom stereocenters. The van der Waals surface area contributed by atoms with Gasteiger partial charge in [0.15, 0.2) is 0 Å². The number of benzene rings is 2. The maximum absolute atomic E-state index is 13.7. The average molecular weight is 328 g/mol. The Morgan fingerprint density at radius 1 is 1.10 bits per heavy atom. The molecule has 1 heterocycles. The van der Waals surface area contributed by atoms with Gasteiger partial charge in [-0.3, -0.25) is 4.79 Å². The van der Waals surface area contributed by atoms with Crippen LogP contribution in [0, 0.1) is 11.6 Å². The minimum atomic E-state index is -0.708. The Balaban J connectivity index is 2.00. The highest BCUT2D eigenvalue weighted by molar-refractivity contribution is 6.42. The highest BCUT2D eigenvalue weighted by atomic mass is 35.5. The minimum absolute atomic E-state index is 0.257. The maximum atomic E-state index is 13.7. The molecule has 0 aliphatic carbocycles. The molecule has 1 aliphatic heterocycles. The van der Waals surface area contributed by atoms with Crippen LogP contribution in [0.3, 0.4) is 0 Å². The van der Waals surface area contributed by atoms with Crippen molar-refractivity contribution in [2.45, 2.75) is 6.42 Å². The van der Waals surface area contributed by atoms with E-state index in [9.17, 15) is 13.6 Å². The lowest BCUT2D eigenvalue weighted by atomic mass is 10.1. The zero-order valence-corrected chi connectivity index (χ0v) is 12.2. The van der Waals surface area contributed by atoms with Gasteiger partial charge >= 0.3 is 0 Å². The number of hydrogen-bond acceptors (Lipinski definition) is 1. The van der Waals surface area contributed by atoms with Gasteiger partial charge in [0.25, 0.3) is 5.91 Å². The molecule has 2 nitrogen and oxygen atoms in total. The van der Waals surface area contributed by atoms with E-state index in [2.05, 4.69) is 0 Å². The predicted octanol–water partition coefficient (Wildman–Crippen LogP) is 4.47. The Morgan fingerprint density at radius 3 is 2.57 bits per heavy atom. The number of nitrogens with zero attached hydrogens (tertiary/aromatic N) is 1. The first-order valence-electron chi connectivity index (χ1n) is 6.22. The van der Waals surface area contributed by atoms with Crippen LogP contribution in [-0.4, -0.2) is 12.5 Å². The first-order valence-corrected chi connectivity index (χ1v) is 6.98. The third-order valence-electron chi connectivity index (χ3n) is 3.42. The van der Waals surface area contributed by atoms with E-state index in [1.807, 2.05) is 0 Å². The molecule has 0 spiro atoms. The van der Waals surface area contributed by atoms with Gasteiger partial charge in [-0.05, 0) is 30.7 Å². The normalized spacial score (nSPS) is 13.4. The molecule has 1 aliphatic rings. The summed E-state index contributed by atoms with van der Waals surface area (Å²) in [6.07, 6.45) is 0.356. The SMILES string of the molecule is O=C(c1ccc(Cl)c(Cl)c1)N1CCc2c(F)cc(F)cc21. The monoisotopic (exact) mass is 327 g/mol. The molecule has 21 heavy (non-hydrogen) atoms. The van der Waals surface area contributed by atoms with Crippen molar-refractivity contribution in [1.29, 1.82) is 0 Å². The molecule has 108 valence electrons. The van der Waals surface area contributed by atoms with Gasteiger partial charge < -0.3 is 4.90 Å². The molecular weight excluding hydrogens is 319 g/mol. The van der Waals surface area contributed by atoms with Crippen molar-refractivity contribution in [3.8, 4) is 0 Å². The lowest BCUT2D eigenvalue weighted by Crippen LogP contribution is -2.28. The summed E-state index contributed by atoms with van der Waals surface area (Å²) in [5.41, 5.74) is 0.940. The summed E-state index contributed by atoms with van der Waals surface area (Å²) in [6, 6.07) is 6.48. The Kier molecular flexibility index (Phi) is 3.59. The van der Waals surface area contributed by atoms with Crippen molar-refractivity contribution in [2.24, 2.45) is 0 Å². The molecule has 0 aromatic heterocycles. The molecule has 0 fully saturated rings. The Bertz CT molecular complexity index is 749. The Labute approximate surface area is 129 Å². The molecule has 1 amide bonds. The summed E-state index contributed by atoms with van der Waals surface area (Å²) in [4.78, 5) is 13.8. The van der Waals surface area contributed by atoms with Crippen molar-refractivity contribution in [3.05, 3.63) is 63.1 Å². The van der Waals surface area contributed by atoms with Crippen LogP contribution in [0.1, 0.15) is 15.9 Å². The maximum Gasteiger partial charge on any atom is 0.258 e. The molecule has 2 aromatic rings. The van der Waals surface area contributed by atoms with Crippen molar-refractivity contribution in [2.75, 3.05) is 11.4 Å². The fourth-order valence-electron chi connectivity index (χ4n) is 2.42. The Hall–Kier alpha value is -1.65. The largest absolute Gasteiger partial charge is 0.308 e. The van der Waals surface area contributed by atoms with E-state index in [-0.39, 0.29) is 16.6 Å². The molecule has 2 aromatic carbocycles. The van der Waals surface area contributed by atoms with E-state index in [1.54, 1.807) is 0 Å². The van der Waals surface area contributed by atoms with Crippen LogP contribution in [0.2, 0.25) is 10.0 Å². The molecule has 3 rings (SSSR count). The third kappa shape index (κ3) is 2.49. The summed E-state index contributed by atoms with van der Waals surface area (Å²) < 4.78 is 27.1. The van der Waals surface area contributed by atoms with Gasteiger partial charge in [-0.1, -0.05) is 23.2 Å². The number of hydrogen-bond donors (Lipinski definition) is 0. The number of halogens is 4. The standard InChI is InChI=1S/C15H9Cl2F2NO/c16-11-2-1-8(5-12(11)17)15(21)20-4-3-10-13(19)6-9(18)7-14(10)20/h1-2,5-7H,3-4H2. The number of fused-ring (bicyclic) bond motifs is 1. The van der Waals surface area contributed by atoms with E-state index < -0.39 is 11.6 Å². The lowest BCUT2D eigenvalue weighted by molar-refractivity contribution is 0.0989. The van der Waals surface area contributed by atoms with Gasteiger partial charge in [0.2, 0.25) is 0 Å². The molecule has 0 N–H and O–H groups in total. The van der Waals surface area contributed by atoms with Crippen LogP contribution < -0.4 is 4.90 Å². The number of carbonyl (C=O) groups excluding carboxylic acids is 1.